The normalized spacial score (nSPS) is 14.9. The second kappa shape index (κ2) is 3.93. The third-order valence-corrected chi connectivity index (χ3v) is 3.61. The van der Waals surface area contributed by atoms with Crippen LogP contribution in [0.3, 0.4) is 0 Å². The lowest BCUT2D eigenvalue weighted by Gasteiger charge is -2.20. The van der Waals surface area contributed by atoms with Crippen LogP contribution in [0.15, 0.2) is 17.0 Å². The van der Waals surface area contributed by atoms with Gasteiger partial charge in [0, 0.05) is 6.07 Å². The van der Waals surface area contributed by atoms with Crippen molar-refractivity contribution in [2.45, 2.75) is 11.8 Å². The van der Waals surface area contributed by atoms with Gasteiger partial charge in [0.05, 0.1) is 4.90 Å². The second-order valence-electron chi connectivity index (χ2n) is 3.38. The minimum Gasteiger partial charge on any atom is -0.486 e. The predicted molar refractivity (Wildman–Crippen MR) is 56.7 cm³/mol. The van der Waals surface area contributed by atoms with Crippen LogP contribution in [0.2, 0.25) is 0 Å². The summed E-state index contributed by atoms with van der Waals surface area (Å²) in [6.45, 7) is 2.54. The molecule has 1 aromatic rings. The quantitative estimate of drug-likeness (QED) is 0.561. The first-order valence-corrected chi connectivity index (χ1v) is 6.15. The Balaban J connectivity index is 2.56. The van der Waals surface area contributed by atoms with E-state index in [0.717, 1.165) is 0 Å². The Labute approximate surface area is 93.4 Å². The highest BCUT2D eigenvalue weighted by atomic mass is 32.2. The van der Waals surface area contributed by atoms with Gasteiger partial charge in [-0.2, -0.15) is 4.83 Å². The second-order valence-corrected chi connectivity index (χ2v) is 5.07. The molecule has 0 amide bonds. The predicted octanol–water partition coefficient (Wildman–Crippen LogP) is -0.0818. The maximum atomic E-state index is 11.6. The zero-order chi connectivity index (χ0) is 11.8. The van der Waals surface area contributed by atoms with Crippen LogP contribution in [0.25, 0.3) is 0 Å². The van der Waals surface area contributed by atoms with Crippen LogP contribution in [0.4, 0.5) is 0 Å². The molecule has 0 fully saturated rings. The van der Waals surface area contributed by atoms with Gasteiger partial charge in [0.15, 0.2) is 11.5 Å². The van der Waals surface area contributed by atoms with Crippen molar-refractivity contribution in [3.05, 3.63) is 17.7 Å². The Kier molecular flexibility index (Phi) is 2.75. The number of sulfonamides is 1. The lowest BCUT2D eigenvalue weighted by molar-refractivity contribution is 0.171. The molecular weight excluding hydrogens is 232 g/mol. The van der Waals surface area contributed by atoms with Gasteiger partial charge in [-0.25, -0.2) is 8.42 Å². The SMILES string of the molecule is Cc1cc2c(cc1S(=O)(=O)NN)OCCO2. The molecule has 1 heterocycles. The number of rotatable bonds is 2. The van der Waals surface area contributed by atoms with E-state index in [1.807, 2.05) is 0 Å². The molecule has 0 bridgehead atoms. The van der Waals surface area contributed by atoms with Crippen LogP contribution in [0, 0.1) is 6.92 Å². The molecule has 3 N–H and O–H groups in total. The average Bonchev–Trinajstić information content (AvgIpc) is 2.28. The van der Waals surface area contributed by atoms with Gasteiger partial charge in [-0.15, -0.1) is 0 Å². The Hall–Kier alpha value is -1.31. The Bertz CT molecular complexity index is 512. The van der Waals surface area contributed by atoms with E-state index in [1.165, 1.54) is 6.07 Å². The number of nitrogens with one attached hydrogen (secondary N) is 1. The zero-order valence-electron chi connectivity index (χ0n) is 8.69. The van der Waals surface area contributed by atoms with E-state index in [0.29, 0.717) is 30.3 Å². The number of ether oxygens (including phenoxy) is 2. The number of benzene rings is 1. The molecule has 0 radical (unpaired) electrons. The van der Waals surface area contributed by atoms with Gasteiger partial charge in [-0.1, -0.05) is 0 Å². The third kappa shape index (κ3) is 1.84. The number of hydrogen-bond acceptors (Lipinski definition) is 5. The van der Waals surface area contributed by atoms with Crippen molar-refractivity contribution in [1.29, 1.82) is 0 Å². The summed E-state index contributed by atoms with van der Waals surface area (Å²) in [6.07, 6.45) is 0. The van der Waals surface area contributed by atoms with Gasteiger partial charge in [0.2, 0.25) is 0 Å². The number of nitrogens with two attached hydrogens (primary N) is 1. The maximum Gasteiger partial charge on any atom is 0.253 e. The number of fused-ring (bicyclic) bond motifs is 1. The van der Waals surface area contributed by atoms with Gasteiger partial charge in [-0.05, 0) is 18.6 Å². The molecule has 0 spiro atoms. The van der Waals surface area contributed by atoms with E-state index in [1.54, 1.807) is 17.8 Å². The smallest absolute Gasteiger partial charge is 0.253 e. The zero-order valence-corrected chi connectivity index (χ0v) is 9.50. The molecule has 88 valence electrons. The number of aryl methyl sites for hydroxylation is 1. The molecule has 0 aromatic heterocycles. The minimum atomic E-state index is -3.67. The largest absolute Gasteiger partial charge is 0.486 e. The van der Waals surface area contributed by atoms with Crippen LogP contribution in [0.5, 0.6) is 11.5 Å². The van der Waals surface area contributed by atoms with Crippen molar-refractivity contribution >= 4 is 10.0 Å². The summed E-state index contributed by atoms with van der Waals surface area (Å²) in [5.41, 5.74) is 0.558. The lowest BCUT2D eigenvalue weighted by Crippen LogP contribution is -2.31. The third-order valence-electron chi connectivity index (χ3n) is 2.28. The fourth-order valence-corrected chi connectivity index (χ4v) is 2.40. The van der Waals surface area contributed by atoms with Gasteiger partial charge >= 0.3 is 0 Å². The molecule has 16 heavy (non-hydrogen) atoms. The summed E-state index contributed by atoms with van der Waals surface area (Å²) in [5.74, 6) is 5.95. The first-order chi connectivity index (χ1) is 7.54. The molecule has 7 heteroatoms. The Morgan fingerprint density at radius 1 is 1.25 bits per heavy atom. The van der Waals surface area contributed by atoms with Gasteiger partial charge in [0.25, 0.3) is 10.0 Å². The van der Waals surface area contributed by atoms with Crippen molar-refractivity contribution < 1.29 is 17.9 Å². The molecule has 0 aliphatic carbocycles. The molecule has 0 saturated heterocycles. The van der Waals surface area contributed by atoms with Gasteiger partial charge < -0.3 is 9.47 Å². The highest BCUT2D eigenvalue weighted by Gasteiger charge is 2.21. The standard InChI is InChI=1S/C9H12N2O4S/c1-6-4-7-8(15-3-2-14-7)5-9(6)16(12,13)11-10/h4-5,11H,2-3,10H2,1H3. The summed E-state index contributed by atoms with van der Waals surface area (Å²) in [4.78, 5) is 1.88. The Morgan fingerprint density at radius 2 is 1.81 bits per heavy atom. The summed E-state index contributed by atoms with van der Waals surface area (Å²) in [7, 11) is -3.67. The summed E-state index contributed by atoms with van der Waals surface area (Å²) >= 11 is 0. The van der Waals surface area contributed by atoms with E-state index in [9.17, 15) is 8.42 Å². The fourth-order valence-electron chi connectivity index (χ4n) is 1.52. The summed E-state index contributed by atoms with van der Waals surface area (Å²) < 4.78 is 33.8. The van der Waals surface area contributed by atoms with Crippen LogP contribution in [0.1, 0.15) is 5.56 Å². The van der Waals surface area contributed by atoms with Crippen molar-refractivity contribution in [3.63, 3.8) is 0 Å². The fraction of sp³-hybridized carbons (Fsp3) is 0.333. The summed E-state index contributed by atoms with van der Waals surface area (Å²) in [6, 6.07) is 3.04. The van der Waals surface area contributed by atoms with Gasteiger partial charge in [-0.3, -0.25) is 5.84 Å². The van der Waals surface area contributed by atoms with Crippen molar-refractivity contribution in [3.8, 4) is 11.5 Å². The van der Waals surface area contributed by atoms with E-state index in [4.69, 9.17) is 15.3 Å². The van der Waals surface area contributed by atoms with Crippen LogP contribution >= 0.6 is 0 Å². The number of hydrogen-bond donors (Lipinski definition) is 2. The van der Waals surface area contributed by atoms with Crippen molar-refractivity contribution in [2.75, 3.05) is 13.2 Å². The molecule has 0 atom stereocenters. The minimum absolute atomic E-state index is 0.0965. The Morgan fingerprint density at radius 3 is 2.38 bits per heavy atom. The lowest BCUT2D eigenvalue weighted by atomic mass is 10.2. The molecule has 1 aliphatic heterocycles. The highest BCUT2D eigenvalue weighted by Crippen LogP contribution is 2.34. The average molecular weight is 244 g/mol. The van der Waals surface area contributed by atoms with Crippen LogP contribution in [-0.4, -0.2) is 21.6 Å². The van der Waals surface area contributed by atoms with Crippen LogP contribution < -0.4 is 20.1 Å². The molecule has 0 saturated carbocycles. The molecule has 2 rings (SSSR count). The summed E-state index contributed by atoms with van der Waals surface area (Å²) in [5, 5.41) is 0. The van der Waals surface area contributed by atoms with Gasteiger partial charge in [0.1, 0.15) is 13.2 Å². The van der Waals surface area contributed by atoms with E-state index in [-0.39, 0.29) is 4.90 Å². The molecular formula is C9H12N2O4S. The maximum absolute atomic E-state index is 11.6. The molecule has 6 nitrogen and oxygen atoms in total. The first-order valence-electron chi connectivity index (χ1n) is 4.67. The first kappa shape index (κ1) is 11.2. The number of hydrazine groups is 1. The van der Waals surface area contributed by atoms with Crippen molar-refractivity contribution in [1.82, 2.24) is 4.83 Å². The van der Waals surface area contributed by atoms with E-state index in [2.05, 4.69) is 0 Å². The molecule has 0 unspecified atom stereocenters. The van der Waals surface area contributed by atoms with E-state index < -0.39 is 10.0 Å². The highest BCUT2D eigenvalue weighted by molar-refractivity contribution is 7.89. The van der Waals surface area contributed by atoms with E-state index >= 15 is 0 Å². The topological polar surface area (TPSA) is 90.7 Å². The monoisotopic (exact) mass is 244 g/mol. The van der Waals surface area contributed by atoms with Crippen LogP contribution in [-0.2, 0) is 10.0 Å². The van der Waals surface area contributed by atoms with Crippen molar-refractivity contribution in [2.24, 2.45) is 5.84 Å². The molecule has 1 aliphatic rings. The molecule has 1 aromatic carbocycles.